The number of nitrogens with one attached hydrogen (secondary N) is 2. The highest BCUT2D eigenvalue weighted by molar-refractivity contribution is 5.57. The Morgan fingerprint density at radius 1 is 1.23 bits per heavy atom. The molecule has 1 aromatic carbocycles. The average Bonchev–Trinajstić information content (AvgIpc) is 3.32. The van der Waals surface area contributed by atoms with Crippen LogP contribution in [0.1, 0.15) is 23.2 Å². The molecular formula is C21H25N5. The Morgan fingerprint density at radius 3 is 2.92 bits per heavy atom. The molecule has 5 nitrogen and oxygen atoms in total. The third-order valence-corrected chi connectivity index (χ3v) is 4.97. The molecule has 5 heteroatoms. The van der Waals surface area contributed by atoms with Crippen LogP contribution in [0.4, 0.5) is 0 Å². The summed E-state index contributed by atoms with van der Waals surface area (Å²) in [4.78, 5) is 6.68. The van der Waals surface area contributed by atoms with Gasteiger partial charge in [0.05, 0.1) is 5.69 Å². The fourth-order valence-corrected chi connectivity index (χ4v) is 3.46. The molecule has 4 rings (SSSR count). The average molecular weight is 347 g/mol. The Balaban J connectivity index is 1.27. The number of rotatable bonds is 6. The molecule has 0 amide bonds. The molecule has 1 atom stereocenters. The number of hydrogen-bond acceptors (Lipinski definition) is 4. The molecule has 0 saturated carbocycles. The van der Waals surface area contributed by atoms with Gasteiger partial charge in [-0.3, -0.25) is 15.0 Å². The van der Waals surface area contributed by atoms with Gasteiger partial charge >= 0.3 is 0 Å². The molecule has 26 heavy (non-hydrogen) atoms. The lowest BCUT2D eigenvalue weighted by Gasteiger charge is -2.16. The monoisotopic (exact) mass is 347 g/mol. The summed E-state index contributed by atoms with van der Waals surface area (Å²) in [5.41, 5.74) is 5.81. The minimum Gasteiger partial charge on any atom is -0.307 e. The first-order chi connectivity index (χ1) is 12.8. The fraction of sp³-hybridized carbons (Fsp3) is 0.333. The van der Waals surface area contributed by atoms with Gasteiger partial charge in [-0.2, -0.15) is 5.10 Å². The van der Waals surface area contributed by atoms with E-state index in [1.165, 1.54) is 17.5 Å². The quantitative estimate of drug-likeness (QED) is 0.719. The van der Waals surface area contributed by atoms with Gasteiger partial charge in [0.25, 0.3) is 0 Å². The summed E-state index contributed by atoms with van der Waals surface area (Å²) in [7, 11) is 0. The molecule has 2 N–H and O–H groups in total. The van der Waals surface area contributed by atoms with E-state index in [9.17, 15) is 0 Å². The smallest absolute Gasteiger partial charge is 0.0939 e. The molecule has 0 aliphatic carbocycles. The second-order valence-corrected chi connectivity index (χ2v) is 7.11. The minimum atomic E-state index is 0.533. The number of hydrogen-bond donors (Lipinski definition) is 2. The Hall–Kier alpha value is -2.50. The summed E-state index contributed by atoms with van der Waals surface area (Å²) in [5, 5.41) is 11.2. The van der Waals surface area contributed by atoms with Gasteiger partial charge in [0, 0.05) is 55.9 Å². The largest absolute Gasteiger partial charge is 0.307 e. The first kappa shape index (κ1) is 16.9. The van der Waals surface area contributed by atoms with Crippen LogP contribution in [-0.4, -0.2) is 39.2 Å². The van der Waals surface area contributed by atoms with E-state index < -0.39 is 0 Å². The van der Waals surface area contributed by atoms with Crippen molar-refractivity contribution in [1.29, 1.82) is 0 Å². The van der Waals surface area contributed by atoms with E-state index in [4.69, 9.17) is 0 Å². The summed E-state index contributed by atoms with van der Waals surface area (Å²) < 4.78 is 0. The van der Waals surface area contributed by atoms with Gasteiger partial charge in [-0.15, -0.1) is 0 Å². The van der Waals surface area contributed by atoms with Crippen molar-refractivity contribution in [2.45, 2.75) is 32.5 Å². The van der Waals surface area contributed by atoms with Crippen molar-refractivity contribution in [3.63, 3.8) is 0 Å². The number of likely N-dealkylation sites (tertiary alicyclic amines) is 1. The molecule has 1 saturated heterocycles. The van der Waals surface area contributed by atoms with Crippen molar-refractivity contribution < 1.29 is 0 Å². The number of nitrogens with zero attached hydrogens (tertiary/aromatic N) is 3. The molecule has 2 aromatic heterocycles. The summed E-state index contributed by atoms with van der Waals surface area (Å²) in [6.45, 7) is 6.23. The standard InChI is InChI=1S/C21H25N5/c1-16-4-6-17(7-5-16)14-26-10-8-19(15-26)23-13-20-11-21(25-24-20)18-3-2-9-22-12-18/h2-7,9,11-12,19,23H,8,10,13-15H2,1H3,(H,24,25)/t19-/m0/s1. The highest BCUT2D eigenvalue weighted by Crippen LogP contribution is 2.17. The molecule has 1 aliphatic heterocycles. The minimum absolute atomic E-state index is 0.533. The molecular weight excluding hydrogens is 322 g/mol. The number of aromatic amines is 1. The Kier molecular flexibility index (Phi) is 5.09. The normalized spacial score (nSPS) is 17.7. The van der Waals surface area contributed by atoms with Crippen molar-refractivity contribution in [2.75, 3.05) is 13.1 Å². The Labute approximate surface area is 154 Å². The van der Waals surface area contributed by atoms with Gasteiger partial charge in [0.2, 0.25) is 0 Å². The van der Waals surface area contributed by atoms with Gasteiger partial charge in [-0.05, 0) is 37.1 Å². The van der Waals surface area contributed by atoms with E-state index in [0.717, 1.165) is 43.1 Å². The third kappa shape index (κ3) is 4.18. The Bertz CT molecular complexity index is 825. The maximum atomic E-state index is 4.39. The van der Waals surface area contributed by atoms with E-state index in [1.54, 1.807) is 6.20 Å². The predicted octanol–water partition coefficient (Wildman–Crippen LogP) is 3.14. The van der Waals surface area contributed by atoms with Crippen LogP contribution in [0.15, 0.2) is 54.9 Å². The summed E-state index contributed by atoms with van der Waals surface area (Å²) in [6.07, 6.45) is 4.81. The van der Waals surface area contributed by atoms with E-state index in [2.05, 4.69) is 62.7 Å². The van der Waals surface area contributed by atoms with Crippen molar-refractivity contribution in [2.24, 2.45) is 0 Å². The number of H-pyrrole nitrogens is 1. The topological polar surface area (TPSA) is 56.8 Å². The van der Waals surface area contributed by atoms with Crippen LogP contribution in [-0.2, 0) is 13.1 Å². The van der Waals surface area contributed by atoms with E-state index in [-0.39, 0.29) is 0 Å². The zero-order valence-electron chi connectivity index (χ0n) is 15.2. The van der Waals surface area contributed by atoms with Crippen molar-refractivity contribution in [3.8, 4) is 11.3 Å². The van der Waals surface area contributed by atoms with Crippen molar-refractivity contribution in [1.82, 2.24) is 25.4 Å². The van der Waals surface area contributed by atoms with E-state index in [1.807, 2.05) is 18.3 Å². The van der Waals surface area contributed by atoms with Gasteiger partial charge in [-0.25, -0.2) is 0 Å². The summed E-state index contributed by atoms with van der Waals surface area (Å²) in [5.74, 6) is 0. The van der Waals surface area contributed by atoms with Crippen LogP contribution in [0.25, 0.3) is 11.3 Å². The Morgan fingerprint density at radius 2 is 2.12 bits per heavy atom. The van der Waals surface area contributed by atoms with Crippen LogP contribution in [0.2, 0.25) is 0 Å². The third-order valence-electron chi connectivity index (χ3n) is 4.97. The second kappa shape index (κ2) is 7.81. The molecule has 0 radical (unpaired) electrons. The lowest BCUT2D eigenvalue weighted by molar-refractivity contribution is 0.319. The second-order valence-electron chi connectivity index (χ2n) is 7.11. The molecule has 1 aliphatic rings. The summed E-state index contributed by atoms with van der Waals surface area (Å²) >= 11 is 0. The zero-order valence-corrected chi connectivity index (χ0v) is 15.2. The van der Waals surface area contributed by atoms with Crippen LogP contribution in [0.3, 0.4) is 0 Å². The van der Waals surface area contributed by atoms with Crippen LogP contribution >= 0.6 is 0 Å². The fourth-order valence-electron chi connectivity index (χ4n) is 3.46. The lowest BCUT2D eigenvalue weighted by Crippen LogP contribution is -2.32. The van der Waals surface area contributed by atoms with E-state index in [0.29, 0.717) is 6.04 Å². The maximum Gasteiger partial charge on any atom is 0.0939 e. The molecule has 0 unspecified atom stereocenters. The molecule has 0 spiro atoms. The number of benzene rings is 1. The van der Waals surface area contributed by atoms with Crippen LogP contribution in [0.5, 0.6) is 0 Å². The SMILES string of the molecule is Cc1ccc(CN2CC[C@H](NCc3cc(-c4cccnc4)n[nH]3)C2)cc1. The highest BCUT2D eigenvalue weighted by atomic mass is 15.2. The molecule has 0 bridgehead atoms. The first-order valence-electron chi connectivity index (χ1n) is 9.22. The van der Waals surface area contributed by atoms with Crippen molar-refractivity contribution >= 4 is 0 Å². The van der Waals surface area contributed by atoms with Gasteiger partial charge in [0.15, 0.2) is 0 Å². The maximum absolute atomic E-state index is 4.39. The molecule has 3 aromatic rings. The first-order valence-corrected chi connectivity index (χ1v) is 9.22. The molecule has 134 valence electrons. The lowest BCUT2D eigenvalue weighted by atomic mass is 10.1. The zero-order chi connectivity index (χ0) is 17.8. The van der Waals surface area contributed by atoms with Gasteiger partial charge in [-0.1, -0.05) is 29.8 Å². The van der Waals surface area contributed by atoms with Gasteiger partial charge in [0.1, 0.15) is 0 Å². The number of aromatic nitrogens is 3. The van der Waals surface area contributed by atoms with Crippen molar-refractivity contribution in [3.05, 3.63) is 71.7 Å². The number of aryl methyl sites for hydroxylation is 1. The van der Waals surface area contributed by atoms with E-state index >= 15 is 0 Å². The molecule has 1 fully saturated rings. The predicted molar refractivity (Wildman–Crippen MR) is 104 cm³/mol. The highest BCUT2D eigenvalue weighted by Gasteiger charge is 2.22. The summed E-state index contributed by atoms with van der Waals surface area (Å²) in [6, 6.07) is 15.5. The van der Waals surface area contributed by atoms with Gasteiger partial charge < -0.3 is 5.32 Å². The molecule has 3 heterocycles. The van der Waals surface area contributed by atoms with Crippen LogP contribution in [0, 0.1) is 6.92 Å². The van der Waals surface area contributed by atoms with Crippen LogP contribution < -0.4 is 5.32 Å². The number of pyridine rings is 1.